The summed E-state index contributed by atoms with van der Waals surface area (Å²) >= 11 is 0. The molecule has 4 rings (SSSR count). The van der Waals surface area contributed by atoms with Gasteiger partial charge in [0.2, 0.25) is 0 Å². The fourth-order valence-corrected chi connectivity index (χ4v) is 3.68. The zero-order valence-electron chi connectivity index (χ0n) is 16.2. The maximum Gasteiger partial charge on any atom is 0.293 e. The highest BCUT2D eigenvalue weighted by Gasteiger charge is 2.26. The average molecular weight is 376 g/mol. The van der Waals surface area contributed by atoms with Gasteiger partial charge in [0, 0.05) is 17.9 Å². The van der Waals surface area contributed by atoms with Crippen molar-refractivity contribution in [3.8, 4) is 5.75 Å². The van der Waals surface area contributed by atoms with Crippen LogP contribution >= 0.6 is 0 Å². The highest BCUT2D eigenvalue weighted by Crippen LogP contribution is 2.32. The van der Waals surface area contributed by atoms with E-state index in [1.807, 2.05) is 44.2 Å². The van der Waals surface area contributed by atoms with Gasteiger partial charge in [-0.15, -0.1) is 0 Å². The average Bonchev–Trinajstić information content (AvgIpc) is 3.16. The topological polar surface area (TPSA) is 68.7 Å². The van der Waals surface area contributed by atoms with Crippen molar-refractivity contribution < 1.29 is 13.9 Å². The molecule has 1 aliphatic rings. The largest absolute Gasteiger partial charge is 0.485 e. The van der Waals surface area contributed by atoms with E-state index in [1.54, 1.807) is 17.0 Å². The zero-order valence-corrected chi connectivity index (χ0v) is 16.2. The maximum absolute atomic E-state index is 13.0. The SMILES string of the molecule is Cc1ccc(OCc2ccc(C(=O)N3CCCc4c(N)cccc43)o2)c(C)c1. The number of nitrogens with zero attached hydrogens (tertiary/aromatic N) is 1. The number of ether oxygens (including phenoxy) is 1. The van der Waals surface area contributed by atoms with Crippen molar-refractivity contribution in [3.63, 3.8) is 0 Å². The quantitative estimate of drug-likeness (QED) is 0.673. The number of benzene rings is 2. The molecular weight excluding hydrogens is 352 g/mol. The smallest absolute Gasteiger partial charge is 0.293 e. The number of anilines is 2. The Morgan fingerprint density at radius 1 is 1.18 bits per heavy atom. The van der Waals surface area contributed by atoms with Gasteiger partial charge in [-0.1, -0.05) is 23.8 Å². The number of fused-ring (bicyclic) bond motifs is 1. The van der Waals surface area contributed by atoms with Gasteiger partial charge in [0.25, 0.3) is 5.91 Å². The number of nitrogens with two attached hydrogens (primary N) is 1. The highest BCUT2D eigenvalue weighted by molar-refractivity contribution is 6.05. The summed E-state index contributed by atoms with van der Waals surface area (Å²) in [5, 5.41) is 0. The molecule has 1 aromatic heterocycles. The summed E-state index contributed by atoms with van der Waals surface area (Å²) in [5.41, 5.74) is 11.0. The van der Waals surface area contributed by atoms with Crippen molar-refractivity contribution in [1.29, 1.82) is 0 Å². The second-order valence-corrected chi connectivity index (χ2v) is 7.23. The van der Waals surface area contributed by atoms with Crippen LogP contribution < -0.4 is 15.4 Å². The van der Waals surface area contributed by atoms with Crippen LogP contribution in [0.15, 0.2) is 52.9 Å². The molecule has 5 heteroatoms. The van der Waals surface area contributed by atoms with Crippen molar-refractivity contribution in [1.82, 2.24) is 0 Å². The van der Waals surface area contributed by atoms with Gasteiger partial charge in [0.1, 0.15) is 18.1 Å². The highest BCUT2D eigenvalue weighted by atomic mass is 16.5. The number of amides is 1. The first kappa shape index (κ1) is 18.2. The van der Waals surface area contributed by atoms with Gasteiger partial charge >= 0.3 is 0 Å². The summed E-state index contributed by atoms with van der Waals surface area (Å²) < 4.78 is 11.6. The second-order valence-electron chi connectivity index (χ2n) is 7.23. The van der Waals surface area contributed by atoms with E-state index in [4.69, 9.17) is 14.9 Å². The molecule has 144 valence electrons. The molecule has 0 spiro atoms. The van der Waals surface area contributed by atoms with Gasteiger partial charge < -0.3 is 19.8 Å². The molecule has 1 aliphatic heterocycles. The Hall–Kier alpha value is -3.21. The van der Waals surface area contributed by atoms with Gasteiger partial charge in [-0.25, -0.2) is 0 Å². The summed E-state index contributed by atoms with van der Waals surface area (Å²) in [6, 6.07) is 15.2. The van der Waals surface area contributed by atoms with Crippen LogP contribution in [0.25, 0.3) is 0 Å². The molecule has 0 atom stereocenters. The minimum absolute atomic E-state index is 0.149. The molecule has 0 unspecified atom stereocenters. The molecule has 0 fully saturated rings. The molecule has 2 heterocycles. The van der Waals surface area contributed by atoms with Crippen molar-refractivity contribution in [2.45, 2.75) is 33.3 Å². The minimum atomic E-state index is -0.149. The zero-order chi connectivity index (χ0) is 19.7. The number of aryl methyl sites for hydroxylation is 2. The summed E-state index contributed by atoms with van der Waals surface area (Å²) in [5.74, 6) is 1.60. The molecule has 0 saturated carbocycles. The predicted octanol–water partition coefficient (Wildman–Crippen LogP) is 4.65. The summed E-state index contributed by atoms with van der Waals surface area (Å²) in [4.78, 5) is 14.8. The molecule has 28 heavy (non-hydrogen) atoms. The number of furan rings is 1. The first-order valence-corrected chi connectivity index (χ1v) is 9.51. The number of carbonyl (C=O) groups is 1. The molecule has 0 saturated heterocycles. The van der Waals surface area contributed by atoms with E-state index >= 15 is 0 Å². The van der Waals surface area contributed by atoms with E-state index in [0.717, 1.165) is 41.1 Å². The van der Waals surface area contributed by atoms with Gasteiger partial charge in [0.15, 0.2) is 5.76 Å². The first-order chi connectivity index (χ1) is 13.5. The number of hydrogen-bond donors (Lipinski definition) is 1. The molecule has 2 aromatic carbocycles. The van der Waals surface area contributed by atoms with E-state index < -0.39 is 0 Å². The second kappa shape index (κ2) is 7.43. The summed E-state index contributed by atoms with van der Waals surface area (Å²) in [6.07, 6.45) is 1.77. The molecule has 1 amide bonds. The Kier molecular flexibility index (Phi) is 4.82. The van der Waals surface area contributed by atoms with Crippen molar-refractivity contribution in [3.05, 3.63) is 76.7 Å². The maximum atomic E-state index is 13.0. The standard InChI is InChI=1S/C23H24N2O3/c1-15-8-10-21(16(2)13-15)27-14-17-9-11-22(28-17)23(26)25-12-4-5-18-19(24)6-3-7-20(18)25/h3,6-11,13H,4-5,12,14,24H2,1-2H3. The van der Waals surface area contributed by atoms with E-state index in [2.05, 4.69) is 6.07 Å². The third kappa shape index (κ3) is 3.48. The molecule has 0 radical (unpaired) electrons. The molecule has 2 N–H and O–H groups in total. The van der Waals surface area contributed by atoms with Crippen LogP contribution in [-0.4, -0.2) is 12.5 Å². The molecule has 0 bridgehead atoms. The number of nitrogen functional groups attached to an aromatic ring is 1. The Labute approximate surface area is 164 Å². The number of carbonyl (C=O) groups excluding carboxylic acids is 1. The molecule has 5 nitrogen and oxygen atoms in total. The number of hydrogen-bond acceptors (Lipinski definition) is 4. The van der Waals surface area contributed by atoms with Crippen molar-refractivity contribution in [2.75, 3.05) is 17.2 Å². The van der Waals surface area contributed by atoms with E-state index in [1.165, 1.54) is 5.56 Å². The monoisotopic (exact) mass is 376 g/mol. The molecule has 0 aliphatic carbocycles. The lowest BCUT2D eigenvalue weighted by Crippen LogP contribution is -2.35. The Morgan fingerprint density at radius 3 is 2.86 bits per heavy atom. The predicted molar refractivity (Wildman–Crippen MR) is 110 cm³/mol. The molecule has 3 aromatic rings. The van der Waals surface area contributed by atoms with Crippen LogP contribution in [0, 0.1) is 13.8 Å². The van der Waals surface area contributed by atoms with Crippen LogP contribution in [0.2, 0.25) is 0 Å². The van der Waals surface area contributed by atoms with E-state index in [-0.39, 0.29) is 12.5 Å². The number of rotatable bonds is 4. The van der Waals surface area contributed by atoms with Crippen molar-refractivity contribution >= 4 is 17.3 Å². The lowest BCUT2D eigenvalue weighted by Gasteiger charge is -2.29. The third-order valence-corrected chi connectivity index (χ3v) is 5.10. The van der Waals surface area contributed by atoms with Crippen molar-refractivity contribution in [2.24, 2.45) is 0 Å². The van der Waals surface area contributed by atoms with Gasteiger partial charge in [-0.3, -0.25) is 4.79 Å². The third-order valence-electron chi connectivity index (χ3n) is 5.10. The van der Waals surface area contributed by atoms with Gasteiger partial charge in [-0.05, 0) is 68.1 Å². The Morgan fingerprint density at radius 2 is 2.04 bits per heavy atom. The fraction of sp³-hybridized carbons (Fsp3) is 0.261. The van der Waals surface area contributed by atoms with Crippen LogP contribution in [-0.2, 0) is 13.0 Å². The summed E-state index contributed by atoms with van der Waals surface area (Å²) in [7, 11) is 0. The normalized spacial score (nSPS) is 13.3. The minimum Gasteiger partial charge on any atom is -0.485 e. The fourth-order valence-electron chi connectivity index (χ4n) is 3.68. The first-order valence-electron chi connectivity index (χ1n) is 9.51. The lowest BCUT2D eigenvalue weighted by atomic mass is 9.99. The van der Waals surface area contributed by atoms with E-state index in [0.29, 0.717) is 18.1 Å². The van der Waals surface area contributed by atoms with Crippen LogP contribution in [0.3, 0.4) is 0 Å². The Bertz CT molecular complexity index is 1020. The molecular formula is C23H24N2O3. The van der Waals surface area contributed by atoms with Gasteiger partial charge in [-0.2, -0.15) is 0 Å². The lowest BCUT2D eigenvalue weighted by molar-refractivity contribution is 0.0954. The van der Waals surface area contributed by atoms with Crippen LogP contribution in [0.4, 0.5) is 11.4 Å². The van der Waals surface area contributed by atoms with E-state index in [9.17, 15) is 4.79 Å². The van der Waals surface area contributed by atoms with Gasteiger partial charge in [0.05, 0.1) is 0 Å². The van der Waals surface area contributed by atoms with Crippen LogP contribution in [0.5, 0.6) is 5.75 Å². The Balaban J connectivity index is 1.49. The van der Waals surface area contributed by atoms with Crippen LogP contribution in [0.1, 0.15) is 39.4 Å². The summed E-state index contributed by atoms with van der Waals surface area (Å²) in [6.45, 7) is 5.00.